The second kappa shape index (κ2) is 3.64. The monoisotopic (exact) mass is 286 g/mol. The van der Waals surface area contributed by atoms with Gasteiger partial charge >= 0.3 is 0 Å². The van der Waals surface area contributed by atoms with E-state index in [0.717, 1.165) is 16.3 Å². The van der Waals surface area contributed by atoms with Crippen LogP contribution in [0, 0.1) is 0 Å². The van der Waals surface area contributed by atoms with Crippen LogP contribution in [0.1, 0.15) is 15.9 Å². The Morgan fingerprint density at radius 2 is 1.65 bits per heavy atom. The zero-order valence-corrected chi connectivity index (χ0v) is 10.3. The first-order chi connectivity index (χ1) is 8.18. The maximum Gasteiger partial charge on any atom is 0.240 e. The zero-order valence-electron chi connectivity index (χ0n) is 8.74. The molecular formula is C14H7BrO2. The van der Waals surface area contributed by atoms with Gasteiger partial charge in [-0.15, -0.1) is 0 Å². The van der Waals surface area contributed by atoms with Crippen LogP contribution in [0.5, 0.6) is 0 Å². The molecule has 0 aromatic heterocycles. The van der Waals surface area contributed by atoms with E-state index in [1.165, 1.54) is 0 Å². The number of hydrogen-bond donors (Lipinski definition) is 0. The molecule has 1 aliphatic carbocycles. The maximum absolute atomic E-state index is 11.9. The molecule has 82 valence electrons. The van der Waals surface area contributed by atoms with E-state index in [1.54, 1.807) is 12.1 Å². The highest BCUT2D eigenvalue weighted by atomic mass is 79.9. The molecule has 0 bridgehead atoms. The fourth-order valence-corrected chi connectivity index (χ4v) is 2.48. The first-order valence-electron chi connectivity index (χ1n) is 5.16. The summed E-state index contributed by atoms with van der Waals surface area (Å²) in [4.78, 5) is 23.4. The van der Waals surface area contributed by atoms with Crippen molar-refractivity contribution in [3.8, 4) is 0 Å². The van der Waals surface area contributed by atoms with Gasteiger partial charge in [-0.2, -0.15) is 0 Å². The third kappa shape index (κ3) is 1.46. The Kier molecular flexibility index (Phi) is 2.23. The first-order valence-corrected chi connectivity index (χ1v) is 5.96. The van der Waals surface area contributed by atoms with Gasteiger partial charge in [0, 0.05) is 5.56 Å². The highest BCUT2D eigenvalue weighted by molar-refractivity contribution is 9.12. The standard InChI is InChI=1S/C14H7BrO2/c15-12-7-11-9-4-2-1-3-8(9)5-6-10(11)13(16)14(12)17/h1-7H. The Hall–Kier alpha value is -1.74. The summed E-state index contributed by atoms with van der Waals surface area (Å²) in [6, 6.07) is 11.4. The number of fused-ring (bicyclic) bond motifs is 3. The highest BCUT2D eigenvalue weighted by Gasteiger charge is 2.26. The lowest BCUT2D eigenvalue weighted by atomic mass is 9.91. The summed E-state index contributed by atoms with van der Waals surface area (Å²) in [5, 5.41) is 2.05. The Balaban J connectivity index is 2.44. The molecule has 0 atom stereocenters. The van der Waals surface area contributed by atoms with Crippen molar-refractivity contribution in [3.63, 3.8) is 0 Å². The summed E-state index contributed by atoms with van der Waals surface area (Å²) < 4.78 is 0.325. The topological polar surface area (TPSA) is 34.1 Å². The average molecular weight is 287 g/mol. The fraction of sp³-hybridized carbons (Fsp3) is 0. The SMILES string of the molecule is O=C1C(=O)c2ccc3ccccc3c2C=C1Br. The molecule has 0 amide bonds. The molecule has 2 nitrogen and oxygen atoms in total. The van der Waals surface area contributed by atoms with Crippen molar-refractivity contribution in [3.05, 3.63) is 52.0 Å². The van der Waals surface area contributed by atoms with Crippen LogP contribution >= 0.6 is 15.9 Å². The number of ketones is 2. The van der Waals surface area contributed by atoms with Crippen LogP contribution < -0.4 is 0 Å². The molecular weight excluding hydrogens is 280 g/mol. The molecule has 3 rings (SSSR count). The molecule has 1 aliphatic rings. The van der Waals surface area contributed by atoms with Crippen LogP contribution in [0.4, 0.5) is 0 Å². The smallest absolute Gasteiger partial charge is 0.240 e. The lowest BCUT2D eigenvalue weighted by Crippen LogP contribution is -2.19. The first kappa shape index (κ1) is 10.4. The second-order valence-electron chi connectivity index (χ2n) is 3.90. The van der Waals surface area contributed by atoms with Gasteiger partial charge in [-0.1, -0.05) is 30.3 Å². The minimum atomic E-state index is -0.479. The number of allylic oxidation sites excluding steroid dienone is 1. The lowest BCUT2D eigenvalue weighted by molar-refractivity contribution is -0.111. The van der Waals surface area contributed by atoms with Crippen molar-refractivity contribution in [2.24, 2.45) is 0 Å². The number of benzene rings is 2. The number of hydrogen-bond acceptors (Lipinski definition) is 2. The van der Waals surface area contributed by atoms with Crippen LogP contribution in [-0.4, -0.2) is 11.6 Å². The van der Waals surface area contributed by atoms with Crippen LogP contribution in [-0.2, 0) is 4.79 Å². The fourth-order valence-electron chi connectivity index (χ4n) is 2.07. The summed E-state index contributed by atoms with van der Waals surface area (Å²) in [7, 11) is 0. The van der Waals surface area contributed by atoms with E-state index in [2.05, 4.69) is 15.9 Å². The zero-order chi connectivity index (χ0) is 12.0. The van der Waals surface area contributed by atoms with E-state index in [-0.39, 0.29) is 0 Å². The van der Waals surface area contributed by atoms with Gasteiger partial charge in [0.2, 0.25) is 11.6 Å². The molecule has 0 spiro atoms. The summed E-state index contributed by atoms with van der Waals surface area (Å²) >= 11 is 3.14. The molecule has 0 unspecified atom stereocenters. The number of rotatable bonds is 0. The van der Waals surface area contributed by atoms with Gasteiger partial charge in [0.15, 0.2) is 0 Å². The minimum Gasteiger partial charge on any atom is -0.285 e. The van der Waals surface area contributed by atoms with E-state index in [1.807, 2.05) is 30.3 Å². The molecule has 0 fully saturated rings. The van der Waals surface area contributed by atoms with Crippen molar-refractivity contribution >= 4 is 44.3 Å². The van der Waals surface area contributed by atoms with E-state index >= 15 is 0 Å². The Morgan fingerprint density at radius 1 is 0.882 bits per heavy atom. The summed E-state index contributed by atoms with van der Waals surface area (Å²) in [5.74, 6) is -0.923. The van der Waals surface area contributed by atoms with Crippen molar-refractivity contribution in [1.82, 2.24) is 0 Å². The maximum atomic E-state index is 11.9. The molecule has 2 aromatic rings. The van der Waals surface area contributed by atoms with Gasteiger partial charge in [0.05, 0.1) is 4.48 Å². The van der Waals surface area contributed by atoms with Crippen molar-refractivity contribution in [2.45, 2.75) is 0 Å². The van der Waals surface area contributed by atoms with Crippen LogP contribution in [0.15, 0.2) is 40.9 Å². The van der Waals surface area contributed by atoms with Crippen LogP contribution in [0.25, 0.3) is 16.8 Å². The molecule has 0 radical (unpaired) electrons. The molecule has 0 saturated heterocycles. The number of Topliss-reactive ketones (excluding diaryl/α,β-unsaturated/α-hetero) is 2. The van der Waals surface area contributed by atoms with Crippen LogP contribution in [0.2, 0.25) is 0 Å². The van der Waals surface area contributed by atoms with Crippen LogP contribution in [0.3, 0.4) is 0 Å². The van der Waals surface area contributed by atoms with Gasteiger partial charge in [-0.05, 0) is 44.4 Å². The van der Waals surface area contributed by atoms with Gasteiger partial charge in [0.25, 0.3) is 0 Å². The highest BCUT2D eigenvalue weighted by Crippen LogP contribution is 2.30. The van der Waals surface area contributed by atoms with Crippen molar-refractivity contribution in [1.29, 1.82) is 0 Å². The summed E-state index contributed by atoms with van der Waals surface area (Å²) in [5.41, 5.74) is 1.30. The lowest BCUT2D eigenvalue weighted by Gasteiger charge is -2.13. The summed E-state index contributed by atoms with van der Waals surface area (Å²) in [6.07, 6.45) is 1.72. The Bertz CT molecular complexity index is 698. The molecule has 0 N–H and O–H groups in total. The number of carbonyl (C=O) groups excluding carboxylic acids is 2. The predicted octanol–water partition coefficient (Wildman–Crippen LogP) is 3.34. The average Bonchev–Trinajstić information content (AvgIpc) is 2.36. The third-order valence-electron chi connectivity index (χ3n) is 2.91. The van der Waals surface area contributed by atoms with E-state index in [9.17, 15) is 9.59 Å². The largest absolute Gasteiger partial charge is 0.285 e. The number of halogens is 1. The minimum absolute atomic E-state index is 0.325. The second-order valence-corrected chi connectivity index (χ2v) is 4.75. The Labute approximate surface area is 106 Å². The Morgan fingerprint density at radius 3 is 2.47 bits per heavy atom. The van der Waals surface area contributed by atoms with E-state index < -0.39 is 11.6 Å². The summed E-state index contributed by atoms with van der Waals surface area (Å²) in [6.45, 7) is 0. The molecule has 0 aliphatic heterocycles. The normalized spacial score (nSPS) is 14.8. The van der Waals surface area contributed by atoms with Gasteiger partial charge < -0.3 is 0 Å². The number of carbonyl (C=O) groups is 2. The van der Waals surface area contributed by atoms with Gasteiger partial charge in [-0.3, -0.25) is 9.59 Å². The predicted molar refractivity (Wildman–Crippen MR) is 70.2 cm³/mol. The van der Waals surface area contributed by atoms with E-state index in [4.69, 9.17) is 0 Å². The van der Waals surface area contributed by atoms with Crippen molar-refractivity contribution in [2.75, 3.05) is 0 Å². The quantitative estimate of drug-likeness (QED) is 0.696. The van der Waals surface area contributed by atoms with Gasteiger partial charge in [-0.25, -0.2) is 0 Å². The third-order valence-corrected chi connectivity index (χ3v) is 3.50. The molecule has 0 saturated carbocycles. The molecule has 17 heavy (non-hydrogen) atoms. The van der Waals surface area contributed by atoms with Gasteiger partial charge in [0.1, 0.15) is 0 Å². The molecule has 0 heterocycles. The molecule has 3 heteroatoms. The molecule has 2 aromatic carbocycles. The van der Waals surface area contributed by atoms with E-state index in [0.29, 0.717) is 10.0 Å². The van der Waals surface area contributed by atoms with Crippen molar-refractivity contribution < 1.29 is 9.59 Å².